The molecule has 1 aliphatic heterocycles. The topological polar surface area (TPSA) is 66.4 Å². The van der Waals surface area contributed by atoms with E-state index in [4.69, 9.17) is 0 Å². The Morgan fingerprint density at radius 3 is 2.46 bits per heavy atom. The Kier molecular flexibility index (Phi) is 4.09. The maximum Gasteiger partial charge on any atom is 0.346 e. The summed E-state index contributed by atoms with van der Waals surface area (Å²) in [6.07, 6.45) is 0.323. The summed E-state index contributed by atoms with van der Waals surface area (Å²) in [5, 5.41) is 12.7. The zero-order valence-electron chi connectivity index (χ0n) is 14.2. The van der Waals surface area contributed by atoms with E-state index in [9.17, 15) is 14.7 Å². The van der Waals surface area contributed by atoms with Crippen molar-refractivity contribution in [2.24, 2.45) is 0 Å². The van der Waals surface area contributed by atoms with E-state index in [1.807, 2.05) is 61.5 Å². The van der Waals surface area contributed by atoms with Crippen LogP contribution in [0.2, 0.25) is 0 Å². The molecule has 1 aliphatic rings. The van der Waals surface area contributed by atoms with Crippen molar-refractivity contribution in [2.75, 3.05) is 5.32 Å². The lowest BCUT2D eigenvalue weighted by atomic mass is 9.88. The molecule has 0 bridgehead atoms. The Morgan fingerprint density at radius 2 is 1.81 bits per heavy atom. The van der Waals surface area contributed by atoms with Gasteiger partial charge in [0.05, 0.1) is 5.69 Å². The van der Waals surface area contributed by atoms with Gasteiger partial charge in [-0.25, -0.2) is 4.79 Å². The van der Waals surface area contributed by atoms with Crippen LogP contribution >= 0.6 is 11.3 Å². The number of fused-ring (bicyclic) bond motifs is 1. The SMILES string of the molecule is Cc1ccc([C@@H]2CC(=O)Nc3c2sc(C(=O)O)c3-c2ccccc2)cc1. The van der Waals surface area contributed by atoms with Gasteiger partial charge in [0, 0.05) is 22.8 Å². The minimum absolute atomic E-state index is 0.0880. The second-order valence-corrected chi connectivity index (χ2v) is 7.48. The summed E-state index contributed by atoms with van der Waals surface area (Å²) < 4.78 is 0. The molecule has 5 heteroatoms. The molecule has 4 rings (SSSR count). The predicted molar refractivity (Wildman–Crippen MR) is 103 cm³/mol. The first-order chi connectivity index (χ1) is 12.5. The number of carbonyl (C=O) groups excluding carboxylic acids is 1. The number of thiophene rings is 1. The average molecular weight is 363 g/mol. The monoisotopic (exact) mass is 363 g/mol. The summed E-state index contributed by atoms with van der Waals surface area (Å²) in [5.41, 5.74) is 4.22. The van der Waals surface area contributed by atoms with Gasteiger partial charge >= 0.3 is 5.97 Å². The molecule has 4 nitrogen and oxygen atoms in total. The molecule has 2 aromatic carbocycles. The van der Waals surface area contributed by atoms with Gasteiger partial charge in [0.25, 0.3) is 0 Å². The molecule has 0 radical (unpaired) electrons. The van der Waals surface area contributed by atoms with E-state index in [0.717, 1.165) is 21.6 Å². The third kappa shape index (κ3) is 2.80. The van der Waals surface area contributed by atoms with Crippen LogP contribution in [0, 0.1) is 6.92 Å². The molecule has 0 saturated carbocycles. The molecule has 130 valence electrons. The molecule has 3 aromatic rings. The minimum atomic E-state index is -0.972. The zero-order chi connectivity index (χ0) is 18.3. The number of amides is 1. The first-order valence-corrected chi connectivity index (χ1v) is 9.18. The standard InChI is InChI=1S/C21H17NO3S/c1-12-7-9-13(10-8-12)15-11-16(23)22-18-17(14-5-3-2-4-6-14)20(21(24)25)26-19(15)18/h2-10,15H,11H2,1H3,(H,22,23)(H,24,25)/t15-/m0/s1. The van der Waals surface area contributed by atoms with Crippen LogP contribution in [0.25, 0.3) is 11.1 Å². The third-order valence-electron chi connectivity index (χ3n) is 4.64. The number of rotatable bonds is 3. The van der Waals surface area contributed by atoms with E-state index in [-0.39, 0.29) is 16.7 Å². The van der Waals surface area contributed by atoms with Crippen molar-refractivity contribution in [1.82, 2.24) is 0 Å². The second kappa shape index (κ2) is 6.42. The van der Waals surface area contributed by atoms with Crippen molar-refractivity contribution >= 4 is 28.9 Å². The van der Waals surface area contributed by atoms with Crippen molar-refractivity contribution in [3.63, 3.8) is 0 Å². The zero-order valence-corrected chi connectivity index (χ0v) is 15.0. The van der Waals surface area contributed by atoms with Gasteiger partial charge in [0.2, 0.25) is 5.91 Å². The van der Waals surface area contributed by atoms with Gasteiger partial charge < -0.3 is 10.4 Å². The number of hydrogen-bond donors (Lipinski definition) is 2. The molecular weight excluding hydrogens is 346 g/mol. The van der Waals surface area contributed by atoms with E-state index in [1.54, 1.807) is 0 Å². The van der Waals surface area contributed by atoms with Crippen LogP contribution in [0.5, 0.6) is 0 Å². The van der Waals surface area contributed by atoms with Gasteiger partial charge in [-0.2, -0.15) is 0 Å². The van der Waals surface area contributed by atoms with Gasteiger partial charge in [0.15, 0.2) is 0 Å². The highest BCUT2D eigenvalue weighted by atomic mass is 32.1. The Bertz CT molecular complexity index is 990. The Balaban J connectivity index is 1.93. The number of carboxylic acid groups (broad SMARTS) is 1. The molecule has 1 amide bonds. The first-order valence-electron chi connectivity index (χ1n) is 8.36. The second-order valence-electron chi connectivity index (χ2n) is 6.43. The van der Waals surface area contributed by atoms with Gasteiger partial charge in [-0.05, 0) is 18.1 Å². The van der Waals surface area contributed by atoms with E-state index in [2.05, 4.69) is 5.32 Å². The maximum atomic E-state index is 12.4. The van der Waals surface area contributed by atoms with Crippen LogP contribution in [0.15, 0.2) is 54.6 Å². The summed E-state index contributed by atoms with van der Waals surface area (Å²) in [4.78, 5) is 25.4. The summed E-state index contributed by atoms with van der Waals surface area (Å²) in [6.45, 7) is 2.02. The van der Waals surface area contributed by atoms with Crippen LogP contribution in [-0.4, -0.2) is 17.0 Å². The summed E-state index contributed by atoms with van der Waals surface area (Å²) in [6, 6.07) is 17.4. The molecule has 26 heavy (non-hydrogen) atoms. The van der Waals surface area contributed by atoms with Gasteiger partial charge in [0.1, 0.15) is 4.88 Å². The quantitative estimate of drug-likeness (QED) is 0.696. The fourth-order valence-electron chi connectivity index (χ4n) is 3.39. The fourth-order valence-corrected chi connectivity index (χ4v) is 4.63. The van der Waals surface area contributed by atoms with Crippen molar-refractivity contribution in [1.29, 1.82) is 0 Å². The van der Waals surface area contributed by atoms with Gasteiger partial charge in [-0.3, -0.25) is 4.79 Å². The van der Waals surface area contributed by atoms with Crippen LogP contribution in [0.4, 0.5) is 5.69 Å². The maximum absolute atomic E-state index is 12.4. The number of anilines is 1. The number of aryl methyl sites for hydroxylation is 1. The molecule has 2 heterocycles. The fraction of sp³-hybridized carbons (Fsp3) is 0.143. The minimum Gasteiger partial charge on any atom is -0.477 e. The largest absolute Gasteiger partial charge is 0.477 e. The molecule has 0 spiro atoms. The van der Waals surface area contributed by atoms with Crippen molar-refractivity contribution in [3.05, 3.63) is 75.5 Å². The van der Waals surface area contributed by atoms with E-state index in [0.29, 0.717) is 17.7 Å². The number of hydrogen-bond acceptors (Lipinski definition) is 3. The highest BCUT2D eigenvalue weighted by Gasteiger charge is 2.34. The molecule has 2 N–H and O–H groups in total. The number of nitrogens with one attached hydrogen (secondary N) is 1. The van der Waals surface area contributed by atoms with Gasteiger partial charge in [-0.1, -0.05) is 60.2 Å². The Labute approximate surface area is 155 Å². The lowest BCUT2D eigenvalue weighted by molar-refractivity contribution is -0.116. The summed E-state index contributed by atoms with van der Waals surface area (Å²) >= 11 is 1.26. The number of carbonyl (C=O) groups is 2. The predicted octanol–water partition coefficient (Wildman–Crippen LogP) is 4.90. The normalized spacial score (nSPS) is 16.0. The van der Waals surface area contributed by atoms with E-state index in [1.165, 1.54) is 11.3 Å². The first kappa shape index (κ1) is 16.5. The summed E-state index contributed by atoms with van der Waals surface area (Å²) in [7, 11) is 0. The lowest BCUT2D eigenvalue weighted by Gasteiger charge is -2.24. The number of aromatic carboxylic acids is 1. The Morgan fingerprint density at radius 1 is 1.12 bits per heavy atom. The van der Waals surface area contributed by atoms with E-state index < -0.39 is 5.97 Å². The van der Waals surface area contributed by atoms with Crippen molar-refractivity contribution in [2.45, 2.75) is 19.3 Å². The molecule has 1 atom stereocenters. The molecule has 0 unspecified atom stereocenters. The molecule has 1 aromatic heterocycles. The highest BCUT2D eigenvalue weighted by molar-refractivity contribution is 7.15. The van der Waals surface area contributed by atoms with Crippen LogP contribution in [0.1, 0.15) is 38.0 Å². The highest BCUT2D eigenvalue weighted by Crippen LogP contribution is 2.49. The van der Waals surface area contributed by atoms with Crippen molar-refractivity contribution in [3.8, 4) is 11.1 Å². The average Bonchev–Trinajstić information content (AvgIpc) is 3.02. The molecule has 0 saturated heterocycles. The smallest absolute Gasteiger partial charge is 0.346 e. The summed E-state index contributed by atoms with van der Waals surface area (Å²) in [5.74, 6) is -1.19. The molecule has 0 aliphatic carbocycles. The van der Waals surface area contributed by atoms with Crippen LogP contribution < -0.4 is 5.32 Å². The lowest BCUT2D eigenvalue weighted by Crippen LogP contribution is -2.22. The van der Waals surface area contributed by atoms with Crippen molar-refractivity contribution < 1.29 is 14.7 Å². The molecule has 0 fully saturated rings. The Hall–Kier alpha value is -2.92. The number of carboxylic acids is 1. The van der Waals surface area contributed by atoms with Crippen LogP contribution in [-0.2, 0) is 4.79 Å². The number of benzene rings is 2. The van der Waals surface area contributed by atoms with E-state index >= 15 is 0 Å². The molecular formula is C21H17NO3S. The van der Waals surface area contributed by atoms with Crippen LogP contribution in [0.3, 0.4) is 0 Å². The van der Waals surface area contributed by atoms with Gasteiger partial charge in [-0.15, -0.1) is 11.3 Å². The third-order valence-corrected chi connectivity index (χ3v) is 5.93.